The van der Waals surface area contributed by atoms with E-state index in [4.69, 9.17) is 5.11 Å². The predicted molar refractivity (Wildman–Crippen MR) is 59.7 cm³/mol. The molecule has 94 valence electrons. The number of carbonyl (C=O) groups is 1. The number of likely N-dealkylation sites (N-methyl/N-ethyl adjacent to an activating group) is 1. The number of sulfonamides is 1. The fourth-order valence-electron chi connectivity index (χ4n) is 1.73. The summed E-state index contributed by atoms with van der Waals surface area (Å²) in [5.74, 6) is -1.05. The summed E-state index contributed by atoms with van der Waals surface area (Å²) in [6.45, 7) is 1.51. The van der Waals surface area contributed by atoms with E-state index in [0.29, 0.717) is 6.54 Å². The number of aliphatic carboxylic acids is 1. The van der Waals surface area contributed by atoms with E-state index in [1.807, 2.05) is 0 Å². The first-order chi connectivity index (χ1) is 7.43. The van der Waals surface area contributed by atoms with E-state index in [9.17, 15) is 13.2 Å². The van der Waals surface area contributed by atoms with Crippen LogP contribution in [0.3, 0.4) is 0 Å². The Labute approximate surface area is 95.7 Å². The lowest BCUT2D eigenvalue weighted by Gasteiger charge is -2.22. The quantitative estimate of drug-likeness (QED) is 0.662. The van der Waals surface area contributed by atoms with Crippen LogP contribution >= 0.6 is 0 Å². The van der Waals surface area contributed by atoms with Crippen LogP contribution in [0.4, 0.5) is 0 Å². The topological polar surface area (TPSA) is 86.7 Å². The van der Waals surface area contributed by atoms with Gasteiger partial charge in [-0.15, -0.1) is 0 Å². The summed E-state index contributed by atoms with van der Waals surface area (Å²) in [5.41, 5.74) is 0. The van der Waals surface area contributed by atoms with Crippen LogP contribution in [-0.4, -0.2) is 55.7 Å². The molecule has 1 unspecified atom stereocenters. The molecular weight excluding hydrogens is 232 g/mol. The average Bonchev–Trinajstić information content (AvgIpc) is 2.68. The van der Waals surface area contributed by atoms with Crippen LogP contribution in [0.25, 0.3) is 0 Å². The lowest BCUT2D eigenvalue weighted by Crippen LogP contribution is -2.39. The molecule has 1 atom stereocenters. The molecular formula is C9H18N2O4S. The fourth-order valence-corrected chi connectivity index (χ4v) is 3.16. The molecule has 0 aromatic carbocycles. The summed E-state index contributed by atoms with van der Waals surface area (Å²) < 4.78 is 25.0. The summed E-state index contributed by atoms with van der Waals surface area (Å²) >= 11 is 0. The van der Waals surface area contributed by atoms with Gasteiger partial charge in [-0.3, -0.25) is 4.79 Å². The highest BCUT2D eigenvalue weighted by Crippen LogP contribution is 2.12. The second-order valence-electron chi connectivity index (χ2n) is 3.98. The van der Waals surface area contributed by atoms with Gasteiger partial charge in [0.2, 0.25) is 10.0 Å². The van der Waals surface area contributed by atoms with Gasteiger partial charge < -0.3 is 10.4 Å². The highest BCUT2D eigenvalue weighted by Gasteiger charge is 2.28. The third-order valence-electron chi connectivity index (χ3n) is 2.78. The molecule has 0 spiro atoms. The highest BCUT2D eigenvalue weighted by molar-refractivity contribution is 7.89. The van der Waals surface area contributed by atoms with Gasteiger partial charge in [0.05, 0.1) is 5.75 Å². The van der Waals surface area contributed by atoms with Crippen molar-refractivity contribution in [1.29, 1.82) is 0 Å². The Bertz CT molecular complexity index is 335. The van der Waals surface area contributed by atoms with E-state index >= 15 is 0 Å². The van der Waals surface area contributed by atoms with Gasteiger partial charge in [0.1, 0.15) is 0 Å². The molecule has 1 heterocycles. The van der Waals surface area contributed by atoms with Crippen LogP contribution in [0.1, 0.15) is 19.3 Å². The van der Waals surface area contributed by atoms with Gasteiger partial charge in [-0.2, -0.15) is 0 Å². The van der Waals surface area contributed by atoms with Crippen molar-refractivity contribution in [2.24, 2.45) is 0 Å². The van der Waals surface area contributed by atoms with Crippen LogP contribution in [-0.2, 0) is 14.8 Å². The molecule has 1 saturated heterocycles. The van der Waals surface area contributed by atoms with Crippen LogP contribution in [0.15, 0.2) is 0 Å². The summed E-state index contributed by atoms with van der Waals surface area (Å²) in [5, 5.41) is 11.5. The monoisotopic (exact) mass is 250 g/mol. The van der Waals surface area contributed by atoms with Crippen molar-refractivity contribution < 1.29 is 18.3 Å². The first kappa shape index (κ1) is 13.4. The molecule has 1 aliphatic rings. The van der Waals surface area contributed by atoms with Gasteiger partial charge in [-0.05, 0) is 19.4 Å². The van der Waals surface area contributed by atoms with E-state index in [1.54, 1.807) is 7.05 Å². The van der Waals surface area contributed by atoms with Crippen molar-refractivity contribution in [2.45, 2.75) is 25.3 Å². The molecule has 6 nitrogen and oxygen atoms in total. The SMILES string of the molecule is CN(C1CCNC1)S(=O)(=O)CCCC(=O)O. The second kappa shape index (κ2) is 5.60. The molecule has 7 heteroatoms. The number of nitrogens with one attached hydrogen (secondary N) is 1. The van der Waals surface area contributed by atoms with E-state index in [1.165, 1.54) is 4.31 Å². The van der Waals surface area contributed by atoms with Gasteiger partial charge in [0, 0.05) is 26.1 Å². The normalized spacial score (nSPS) is 21.5. The summed E-state index contributed by atoms with van der Waals surface area (Å²) in [7, 11) is -1.75. The van der Waals surface area contributed by atoms with Crippen LogP contribution in [0.2, 0.25) is 0 Å². The van der Waals surface area contributed by atoms with Crippen LogP contribution < -0.4 is 5.32 Å². The predicted octanol–water partition coefficient (Wildman–Crippen LogP) is -0.525. The van der Waals surface area contributed by atoms with Gasteiger partial charge in [0.15, 0.2) is 0 Å². The molecule has 0 aromatic rings. The molecule has 0 bridgehead atoms. The first-order valence-corrected chi connectivity index (χ1v) is 6.92. The fraction of sp³-hybridized carbons (Fsp3) is 0.889. The zero-order valence-electron chi connectivity index (χ0n) is 9.35. The zero-order chi connectivity index (χ0) is 12.2. The molecule has 0 amide bonds. The Morgan fingerprint density at radius 3 is 2.75 bits per heavy atom. The largest absolute Gasteiger partial charge is 0.481 e. The van der Waals surface area contributed by atoms with Crippen LogP contribution in [0.5, 0.6) is 0 Å². The molecule has 2 N–H and O–H groups in total. The number of carboxylic acid groups (broad SMARTS) is 1. The van der Waals surface area contributed by atoms with E-state index in [-0.39, 0.29) is 24.6 Å². The minimum absolute atomic E-state index is 0.00910. The molecule has 1 fully saturated rings. The minimum Gasteiger partial charge on any atom is -0.481 e. The van der Waals surface area contributed by atoms with E-state index in [0.717, 1.165) is 13.0 Å². The number of hydrogen-bond acceptors (Lipinski definition) is 4. The molecule has 0 radical (unpaired) electrons. The summed E-state index contributed by atoms with van der Waals surface area (Å²) in [4.78, 5) is 10.3. The second-order valence-corrected chi connectivity index (χ2v) is 6.12. The Hall–Kier alpha value is -0.660. The van der Waals surface area contributed by atoms with E-state index in [2.05, 4.69) is 5.32 Å². The van der Waals surface area contributed by atoms with Crippen molar-refractivity contribution in [3.63, 3.8) is 0 Å². The van der Waals surface area contributed by atoms with Crippen LogP contribution in [0, 0.1) is 0 Å². The van der Waals surface area contributed by atoms with Gasteiger partial charge in [-0.1, -0.05) is 0 Å². The number of hydrogen-bond donors (Lipinski definition) is 2. The maximum absolute atomic E-state index is 11.8. The van der Waals surface area contributed by atoms with Crippen molar-refractivity contribution in [3.8, 4) is 0 Å². The molecule has 0 aromatic heterocycles. The van der Waals surface area contributed by atoms with Gasteiger partial charge in [-0.25, -0.2) is 12.7 Å². The van der Waals surface area contributed by atoms with E-state index < -0.39 is 16.0 Å². The van der Waals surface area contributed by atoms with Gasteiger partial charge in [0.25, 0.3) is 0 Å². The smallest absolute Gasteiger partial charge is 0.303 e. The summed E-state index contributed by atoms with van der Waals surface area (Å²) in [6, 6.07) is 0.00910. The maximum atomic E-state index is 11.8. The van der Waals surface area contributed by atoms with Crippen molar-refractivity contribution in [1.82, 2.24) is 9.62 Å². The molecule has 0 aliphatic carbocycles. The Morgan fingerprint density at radius 1 is 1.56 bits per heavy atom. The summed E-state index contributed by atoms with van der Waals surface area (Å²) in [6.07, 6.45) is 0.882. The van der Waals surface area contributed by atoms with Gasteiger partial charge >= 0.3 is 5.97 Å². The average molecular weight is 250 g/mol. The molecule has 16 heavy (non-hydrogen) atoms. The molecule has 1 aliphatic heterocycles. The lowest BCUT2D eigenvalue weighted by molar-refractivity contribution is -0.137. The third-order valence-corrected chi connectivity index (χ3v) is 4.76. The Kier molecular flexibility index (Phi) is 4.69. The highest BCUT2D eigenvalue weighted by atomic mass is 32.2. The Morgan fingerprint density at radius 2 is 2.25 bits per heavy atom. The zero-order valence-corrected chi connectivity index (χ0v) is 10.2. The van der Waals surface area contributed by atoms with Crippen molar-refractivity contribution in [3.05, 3.63) is 0 Å². The number of carboxylic acids is 1. The number of nitrogens with zero attached hydrogens (tertiary/aromatic N) is 1. The third kappa shape index (κ3) is 3.73. The van der Waals surface area contributed by atoms with Crippen molar-refractivity contribution >= 4 is 16.0 Å². The lowest BCUT2D eigenvalue weighted by atomic mass is 10.3. The standard InChI is InChI=1S/C9H18N2O4S/c1-11(8-4-5-10-7-8)16(14,15)6-2-3-9(12)13/h8,10H,2-7H2,1H3,(H,12,13). The number of rotatable bonds is 6. The first-order valence-electron chi connectivity index (χ1n) is 5.31. The maximum Gasteiger partial charge on any atom is 0.303 e. The minimum atomic E-state index is -3.31. The molecule has 1 rings (SSSR count). The van der Waals surface area contributed by atoms with Crippen molar-refractivity contribution in [2.75, 3.05) is 25.9 Å². The molecule has 0 saturated carbocycles. The Balaban J connectivity index is 2.45.